The van der Waals surface area contributed by atoms with E-state index < -0.39 is 16.1 Å². The predicted molar refractivity (Wildman–Crippen MR) is 67.2 cm³/mol. The zero-order valence-electron chi connectivity index (χ0n) is 9.60. The number of hydrogen-bond donors (Lipinski definition) is 3. The van der Waals surface area contributed by atoms with E-state index in [0.717, 1.165) is 6.26 Å². The van der Waals surface area contributed by atoms with Crippen LogP contribution in [0.4, 0.5) is 11.4 Å². The molecule has 0 radical (unpaired) electrons. The quantitative estimate of drug-likeness (QED) is 0.724. The Kier molecular flexibility index (Phi) is 4.08. The number of amides is 1. The number of nitrogens with one attached hydrogen (secondary N) is 2. The third-order valence-corrected chi connectivity index (χ3v) is 2.45. The largest absolute Gasteiger partial charge is 0.325 e. The van der Waals surface area contributed by atoms with Gasteiger partial charge in [-0.05, 0) is 25.1 Å². The van der Waals surface area contributed by atoms with E-state index in [-0.39, 0.29) is 5.91 Å². The van der Waals surface area contributed by atoms with Gasteiger partial charge >= 0.3 is 0 Å². The lowest BCUT2D eigenvalue weighted by Gasteiger charge is -2.09. The minimum Gasteiger partial charge on any atom is -0.325 e. The molecule has 0 aliphatic carbocycles. The van der Waals surface area contributed by atoms with E-state index in [1.54, 1.807) is 25.1 Å². The van der Waals surface area contributed by atoms with Crippen LogP contribution in [0.1, 0.15) is 6.92 Å². The highest BCUT2D eigenvalue weighted by molar-refractivity contribution is 7.92. The van der Waals surface area contributed by atoms with Gasteiger partial charge in [0, 0.05) is 5.69 Å². The van der Waals surface area contributed by atoms with E-state index in [1.165, 1.54) is 6.07 Å². The van der Waals surface area contributed by atoms with Crippen molar-refractivity contribution >= 4 is 27.3 Å². The molecular weight excluding hydrogens is 242 g/mol. The maximum absolute atomic E-state index is 11.3. The number of carbonyl (C=O) groups is 1. The molecule has 94 valence electrons. The first kappa shape index (κ1) is 13.5. The lowest BCUT2D eigenvalue weighted by Crippen LogP contribution is -2.32. The number of carbonyl (C=O) groups excluding carboxylic acids is 1. The Balaban J connectivity index is 2.83. The molecule has 7 heteroatoms. The van der Waals surface area contributed by atoms with Crippen molar-refractivity contribution < 1.29 is 13.2 Å². The molecule has 0 aromatic heterocycles. The molecule has 0 aliphatic rings. The topological polar surface area (TPSA) is 101 Å². The first-order valence-electron chi connectivity index (χ1n) is 4.92. The van der Waals surface area contributed by atoms with Crippen LogP contribution in [0.15, 0.2) is 24.3 Å². The smallest absolute Gasteiger partial charge is 0.240 e. The van der Waals surface area contributed by atoms with E-state index >= 15 is 0 Å². The molecule has 17 heavy (non-hydrogen) atoms. The summed E-state index contributed by atoms with van der Waals surface area (Å²) >= 11 is 0. The van der Waals surface area contributed by atoms with Crippen LogP contribution in [0.25, 0.3) is 0 Å². The van der Waals surface area contributed by atoms with Crippen LogP contribution in [-0.2, 0) is 14.8 Å². The van der Waals surface area contributed by atoms with Crippen molar-refractivity contribution in [3.63, 3.8) is 0 Å². The highest BCUT2D eigenvalue weighted by atomic mass is 32.2. The van der Waals surface area contributed by atoms with Crippen LogP contribution in [0.5, 0.6) is 0 Å². The van der Waals surface area contributed by atoms with Crippen LogP contribution in [-0.4, -0.2) is 26.6 Å². The number of anilines is 2. The Labute approximate surface area is 100 Å². The van der Waals surface area contributed by atoms with Gasteiger partial charge in [-0.15, -0.1) is 0 Å². The Morgan fingerprint density at radius 3 is 2.47 bits per heavy atom. The van der Waals surface area contributed by atoms with Gasteiger partial charge in [-0.1, -0.05) is 6.07 Å². The maximum Gasteiger partial charge on any atom is 0.240 e. The number of nitrogens with two attached hydrogens (primary N) is 1. The molecule has 0 bridgehead atoms. The fourth-order valence-electron chi connectivity index (χ4n) is 1.13. The molecule has 0 fully saturated rings. The average molecular weight is 257 g/mol. The Morgan fingerprint density at radius 2 is 1.94 bits per heavy atom. The molecule has 1 aromatic rings. The van der Waals surface area contributed by atoms with Crippen molar-refractivity contribution in [2.75, 3.05) is 16.3 Å². The second kappa shape index (κ2) is 5.15. The highest BCUT2D eigenvalue weighted by Gasteiger charge is 2.08. The van der Waals surface area contributed by atoms with Crippen molar-refractivity contribution in [3.8, 4) is 0 Å². The highest BCUT2D eigenvalue weighted by Crippen LogP contribution is 2.16. The average Bonchev–Trinajstić information content (AvgIpc) is 2.15. The minimum absolute atomic E-state index is 0.332. The number of hydrogen-bond acceptors (Lipinski definition) is 4. The fourth-order valence-corrected chi connectivity index (χ4v) is 1.69. The molecular formula is C10H15N3O3S. The summed E-state index contributed by atoms with van der Waals surface area (Å²) in [7, 11) is -3.33. The second-order valence-corrected chi connectivity index (χ2v) is 5.48. The molecule has 1 rings (SSSR count). The molecule has 4 N–H and O–H groups in total. The molecule has 1 atom stereocenters. The summed E-state index contributed by atoms with van der Waals surface area (Å²) in [4.78, 5) is 11.3. The molecule has 0 saturated heterocycles. The Bertz CT molecular complexity index is 511. The number of benzene rings is 1. The molecule has 0 aliphatic heterocycles. The molecule has 0 unspecified atom stereocenters. The fraction of sp³-hybridized carbons (Fsp3) is 0.300. The molecule has 1 amide bonds. The minimum atomic E-state index is -3.33. The van der Waals surface area contributed by atoms with Gasteiger partial charge in [0.1, 0.15) is 0 Å². The summed E-state index contributed by atoms with van der Waals surface area (Å²) in [5.41, 5.74) is 6.27. The molecule has 1 aromatic carbocycles. The summed E-state index contributed by atoms with van der Waals surface area (Å²) in [6.45, 7) is 1.56. The molecule has 0 heterocycles. The van der Waals surface area contributed by atoms with Crippen LogP contribution in [0.3, 0.4) is 0 Å². The van der Waals surface area contributed by atoms with Crippen LogP contribution in [0.2, 0.25) is 0 Å². The van der Waals surface area contributed by atoms with Crippen molar-refractivity contribution in [2.24, 2.45) is 5.73 Å². The van der Waals surface area contributed by atoms with Crippen molar-refractivity contribution in [3.05, 3.63) is 24.3 Å². The van der Waals surface area contributed by atoms with Crippen LogP contribution >= 0.6 is 0 Å². The summed E-state index contributed by atoms with van der Waals surface area (Å²) < 4.78 is 24.4. The molecule has 0 spiro atoms. The zero-order chi connectivity index (χ0) is 13.1. The number of sulfonamides is 1. The summed E-state index contributed by atoms with van der Waals surface area (Å²) in [6.07, 6.45) is 1.06. The van der Waals surface area contributed by atoms with Gasteiger partial charge < -0.3 is 11.1 Å². The molecule has 6 nitrogen and oxygen atoms in total. The first-order valence-corrected chi connectivity index (χ1v) is 6.81. The Morgan fingerprint density at radius 1 is 1.35 bits per heavy atom. The van der Waals surface area contributed by atoms with Gasteiger partial charge in [-0.2, -0.15) is 0 Å². The normalized spacial score (nSPS) is 12.9. The van der Waals surface area contributed by atoms with E-state index in [9.17, 15) is 13.2 Å². The zero-order valence-corrected chi connectivity index (χ0v) is 10.4. The summed E-state index contributed by atoms with van der Waals surface area (Å²) in [6, 6.07) is 5.75. The summed E-state index contributed by atoms with van der Waals surface area (Å²) in [5.74, 6) is -0.332. The number of rotatable bonds is 4. The van der Waals surface area contributed by atoms with E-state index in [2.05, 4.69) is 10.0 Å². The monoisotopic (exact) mass is 257 g/mol. The van der Waals surface area contributed by atoms with Crippen molar-refractivity contribution in [1.29, 1.82) is 0 Å². The van der Waals surface area contributed by atoms with Gasteiger partial charge in [0.05, 0.1) is 18.0 Å². The SMILES string of the molecule is C[C@H](N)C(=O)Nc1cccc(NS(C)(=O)=O)c1. The maximum atomic E-state index is 11.3. The predicted octanol–water partition coefficient (Wildman–Crippen LogP) is 0.344. The van der Waals surface area contributed by atoms with E-state index in [0.29, 0.717) is 11.4 Å². The van der Waals surface area contributed by atoms with Crippen molar-refractivity contribution in [2.45, 2.75) is 13.0 Å². The standard InChI is InChI=1S/C10H15N3O3S/c1-7(11)10(14)12-8-4-3-5-9(6-8)13-17(2,15)16/h3-7,13H,11H2,1-2H3,(H,12,14)/t7-/m0/s1. The first-order chi connectivity index (χ1) is 7.78. The van der Waals surface area contributed by atoms with Crippen LogP contribution in [0, 0.1) is 0 Å². The third-order valence-electron chi connectivity index (χ3n) is 1.85. The van der Waals surface area contributed by atoms with Crippen molar-refractivity contribution in [1.82, 2.24) is 0 Å². The van der Waals surface area contributed by atoms with Gasteiger partial charge in [-0.25, -0.2) is 8.42 Å². The third kappa shape index (κ3) is 4.83. The lowest BCUT2D eigenvalue weighted by molar-refractivity contribution is -0.117. The van der Waals surface area contributed by atoms with Gasteiger partial charge in [0.2, 0.25) is 15.9 Å². The van der Waals surface area contributed by atoms with Gasteiger partial charge in [-0.3, -0.25) is 9.52 Å². The van der Waals surface area contributed by atoms with E-state index in [1.807, 2.05) is 0 Å². The van der Waals surface area contributed by atoms with Crippen LogP contribution < -0.4 is 15.8 Å². The Hall–Kier alpha value is -1.60. The van der Waals surface area contributed by atoms with E-state index in [4.69, 9.17) is 5.73 Å². The molecule has 0 saturated carbocycles. The van der Waals surface area contributed by atoms with Gasteiger partial charge in [0.25, 0.3) is 0 Å². The lowest BCUT2D eigenvalue weighted by atomic mass is 10.2. The second-order valence-electron chi connectivity index (χ2n) is 3.73. The summed E-state index contributed by atoms with van der Waals surface area (Å²) in [5, 5.41) is 2.57. The van der Waals surface area contributed by atoms with Gasteiger partial charge in [0.15, 0.2) is 0 Å².